The highest BCUT2D eigenvalue weighted by Crippen LogP contribution is 2.25. The van der Waals surface area contributed by atoms with Gasteiger partial charge in [0.2, 0.25) is 0 Å². The first-order chi connectivity index (χ1) is 13.3. The summed E-state index contributed by atoms with van der Waals surface area (Å²) in [5, 5.41) is 3.07. The Kier molecular flexibility index (Phi) is 5.72. The molecule has 2 amide bonds. The predicted octanol–water partition coefficient (Wildman–Crippen LogP) is 3.51. The average molecular weight is 368 g/mol. The minimum atomic E-state index is 0.00903. The monoisotopic (exact) mass is 368 g/mol. The van der Waals surface area contributed by atoms with Crippen molar-refractivity contribution in [1.82, 2.24) is 19.8 Å². The quantitative estimate of drug-likeness (QED) is 0.879. The zero-order valence-corrected chi connectivity index (χ0v) is 15.7. The second kappa shape index (κ2) is 8.57. The molecule has 1 aromatic carbocycles. The number of ether oxygens (including phenoxy) is 1. The van der Waals surface area contributed by atoms with E-state index in [1.165, 1.54) is 25.7 Å². The minimum Gasteiger partial charge on any atom is -0.375 e. The molecule has 2 fully saturated rings. The molecule has 0 unspecified atom stereocenters. The highest BCUT2D eigenvalue weighted by molar-refractivity contribution is 5.74. The molecule has 1 saturated heterocycles. The summed E-state index contributed by atoms with van der Waals surface area (Å²) in [6, 6.07) is 8.07. The number of piperidine rings is 1. The zero-order chi connectivity index (χ0) is 18.5. The standard InChI is InChI=1S/C21H28N4O2/c26-21(24-12-9-19(10-13-24)27-18-6-2-3-7-18)23-15-17-5-1-4-8-20(17)25-14-11-22-16-25/h1,4-5,8,11,14,16,18-19H,2-3,6-7,9-10,12-13,15H2,(H,23,26). The number of rotatable bonds is 5. The molecule has 0 spiro atoms. The van der Waals surface area contributed by atoms with E-state index in [2.05, 4.69) is 10.3 Å². The largest absolute Gasteiger partial charge is 0.375 e. The number of likely N-dealkylation sites (tertiary alicyclic amines) is 1. The van der Waals surface area contributed by atoms with Crippen LogP contribution in [0, 0.1) is 0 Å². The second-order valence-electron chi connectivity index (χ2n) is 7.49. The maximum Gasteiger partial charge on any atom is 0.317 e. The average Bonchev–Trinajstić information content (AvgIpc) is 3.41. The van der Waals surface area contributed by atoms with E-state index in [4.69, 9.17) is 4.74 Å². The molecular formula is C21H28N4O2. The van der Waals surface area contributed by atoms with E-state index in [0.717, 1.165) is 37.2 Å². The number of urea groups is 1. The molecule has 27 heavy (non-hydrogen) atoms. The Morgan fingerprint density at radius 1 is 1.11 bits per heavy atom. The van der Waals surface area contributed by atoms with Crippen molar-refractivity contribution in [2.75, 3.05) is 13.1 Å². The first-order valence-electron chi connectivity index (χ1n) is 10.0. The SMILES string of the molecule is O=C(NCc1ccccc1-n1ccnc1)N1CCC(OC2CCCC2)CC1. The Morgan fingerprint density at radius 2 is 1.85 bits per heavy atom. The van der Waals surface area contributed by atoms with Gasteiger partial charge in [-0.15, -0.1) is 0 Å². The van der Waals surface area contributed by atoms with Crippen LogP contribution in [0.4, 0.5) is 4.79 Å². The number of carbonyl (C=O) groups excluding carboxylic acids is 1. The van der Waals surface area contributed by atoms with Crippen LogP contribution in [0.2, 0.25) is 0 Å². The van der Waals surface area contributed by atoms with Gasteiger partial charge in [-0.3, -0.25) is 0 Å². The van der Waals surface area contributed by atoms with Gasteiger partial charge in [0.05, 0.1) is 24.2 Å². The molecule has 1 saturated carbocycles. The molecule has 0 radical (unpaired) electrons. The summed E-state index contributed by atoms with van der Waals surface area (Å²) >= 11 is 0. The lowest BCUT2D eigenvalue weighted by Gasteiger charge is -2.33. The number of aromatic nitrogens is 2. The minimum absolute atomic E-state index is 0.00903. The summed E-state index contributed by atoms with van der Waals surface area (Å²) in [5.41, 5.74) is 2.11. The fourth-order valence-corrected chi connectivity index (χ4v) is 4.09. The van der Waals surface area contributed by atoms with Crippen LogP contribution >= 0.6 is 0 Å². The van der Waals surface area contributed by atoms with Crippen LogP contribution in [0.1, 0.15) is 44.1 Å². The fraction of sp³-hybridized carbons (Fsp3) is 0.524. The van der Waals surface area contributed by atoms with Crippen molar-refractivity contribution in [3.8, 4) is 5.69 Å². The molecule has 1 aromatic heterocycles. The van der Waals surface area contributed by atoms with Crippen LogP contribution in [-0.4, -0.2) is 45.8 Å². The summed E-state index contributed by atoms with van der Waals surface area (Å²) < 4.78 is 8.17. The first kappa shape index (κ1) is 18.0. The Bertz CT molecular complexity index is 732. The Labute approximate surface area is 160 Å². The predicted molar refractivity (Wildman–Crippen MR) is 104 cm³/mol. The lowest BCUT2D eigenvalue weighted by molar-refractivity contribution is -0.0338. The molecule has 0 bridgehead atoms. The van der Waals surface area contributed by atoms with Gasteiger partial charge in [-0.05, 0) is 37.3 Å². The van der Waals surface area contributed by atoms with E-state index in [-0.39, 0.29) is 6.03 Å². The molecule has 2 aromatic rings. The molecule has 6 heteroatoms. The molecule has 2 aliphatic rings. The van der Waals surface area contributed by atoms with Crippen molar-refractivity contribution in [2.45, 2.75) is 57.3 Å². The second-order valence-corrected chi connectivity index (χ2v) is 7.49. The molecule has 0 atom stereocenters. The van der Waals surface area contributed by atoms with Crippen molar-refractivity contribution in [1.29, 1.82) is 0 Å². The van der Waals surface area contributed by atoms with Crippen LogP contribution in [0.25, 0.3) is 5.69 Å². The van der Waals surface area contributed by atoms with Gasteiger partial charge in [0.1, 0.15) is 0 Å². The summed E-state index contributed by atoms with van der Waals surface area (Å²) in [5.74, 6) is 0. The molecule has 4 rings (SSSR count). The number of amides is 2. The summed E-state index contributed by atoms with van der Waals surface area (Å²) in [4.78, 5) is 18.6. The number of carbonyl (C=O) groups is 1. The Morgan fingerprint density at radius 3 is 2.59 bits per heavy atom. The molecule has 1 aliphatic carbocycles. The van der Waals surface area contributed by atoms with Gasteiger partial charge in [0, 0.05) is 32.0 Å². The third-order valence-electron chi connectivity index (χ3n) is 5.62. The van der Waals surface area contributed by atoms with Gasteiger partial charge in [-0.1, -0.05) is 31.0 Å². The van der Waals surface area contributed by atoms with Gasteiger partial charge in [-0.25, -0.2) is 9.78 Å². The van der Waals surface area contributed by atoms with Crippen LogP contribution in [0.3, 0.4) is 0 Å². The molecule has 1 aliphatic heterocycles. The first-order valence-corrected chi connectivity index (χ1v) is 10.0. The molecule has 6 nitrogen and oxygen atoms in total. The van der Waals surface area contributed by atoms with Crippen molar-refractivity contribution < 1.29 is 9.53 Å². The van der Waals surface area contributed by atoms with Crippen molar-refractivity contribution in [2.24, 2.45) is 0 Å². The van der Waals surface area contributed by atoms with Gasteiger partial charge >= 0.3 is 6.03 Å². The van der Waals surface area contributed by atoms with Crippen molar-refractivity contribution in [3.05, 3.63) is 48.5 Å². The van der Waals surface area contributed by atoms with Crippen LogP contribution in [-0.2, 0) is 11.3 Å². The van der Waals surface area contributed by atoms with Gasteiger partial charge in [0.25, 0.3) is 0 Å². The molecule has 2 heterocycles. The number of hydrogen-bond donors (Lipinski definition) is 1. The number of benzene rings is 1. The van der Waals surface area contributed by atoms with E-state index < -0.39 is 0 Å². The Balaban J connectivity index is 1.27. The van der Waals surface area contributed by atoms with Gasteiger partial charge in [-0.2, -0.15) is 0 Å². The topological polar surface area (TPSA) is 59.4 Å². The maximum atomic E-state index is 12.6. The van der Waals surface area contributed by atoms with Crippen LogP contribution in [0.15, 0.2) is 43.0 Å². The maximum absolute atomic E-state index is 12.6. The summed E-state index contributed by atoms with van der Waals surface area (Å²) in [6.45, 7) is 2.05. The zero-order valence-electron chi connectivity index (χ0n) is 15.7. The van der Waals surface area contributed by atoms with Gasteiger partial charge in [0.15, 0.2) is 0 Å². The lowest BCUT2D eigenvalue weighted by Crippen LogP contribution is -2.46. The van der Waals surface area contributed by atoms with Crippen LogP contribution in [0.5, 0.6) is 0 Å². The summed E-state index contributed by atoms with van der Waals surface area (Å²) in [7, 11) is 0. The van der Waals surface area contributed by atoms with E-state index in [9.17, 15) is 4.79 Å². The number of imidazole rings is 1. The highest BCUT2D eigenvalue weighted by atomic mass is 16.5. The Hall–Kier alpha value is -2.34. The van der Waals surface area contributed by atoms with E-state index in [0.29, 0.717) is 18.8 Å². The fourth-order valence-electron chi connectivity index (χ4n) is 4.09. The highest BCUT2D eigenvalue weighted by Gasteiger charge is 2.26. The third kappa shape index (κ3) is 4.50. The molecular weight excluding hydrogens is 340 g/mol. The third-order valence-corrected chi connectivity index (χ3v) is 5.62. The number of para-hydroxylation sites is 1. The smallest absolute Gasteiger partial charge is 0.317 e. The number of nitrogens with one attached hydrogen (secondary N) is 1. The normalized spacial score (nSPS) is 18.7. The van der Waals surface area contributed by atoms with Gasteiger partial charge < -0.3 is 19.5 Å². The number of hydrogen-bond acceptors (Lipinski definition) is 3. The van der Waals surface area contributed by atoms with Crippen molar-refractivity contribution >= 4 is 6.03 Å². The molecule has 1 N–H and O–H groups in total. The summed E-state index contributed by atoms with van der Waals surface area (Å²) in [6.07, 6.45) is 13.1. The van der Waals surface area contributed by atoms with Crippen molar-refractivity contribution in [3.63, 3.8) is 0 Å². The molecule has 144 valence electrons. The van der Waals surface area contributed by atoms with E-state index in [1.807, 2.05) is 39.9 Å². The van der Waals surface area contributed by atoms with E-state index >= 15 is 0 Å². The van der Waals surface area contributed by atoms with E-state index in [1.54, 1.807) is 12.5 Å². The number of nitrogens with zero attached hydrogens (tertiary/aromatic N) is 3. The van der Waals surface area contributed by atoms with Crippen LogP contribution < -0.4 is 5.32 Å². The lowest BCUT2D eigenvalue weighted by atomic mass is 10.1.